The van der Waals surface area contributed by atoms with Crippen LogP contribution in [0.2, 0.25) is 0 Å². The Kier molecular flexibility index (Phi) is 7.77. The van der Waals surface area contributed by atoms with Crippen molar-refractivity contribution in [2.75, 3.05) is 0 Å². The SMILES string of the molecule is C=CCC(OP(=O)(O)OP(=O)(O)OP(=O)(O)O)[C@H]1O[C@@H](n2cnc3c(O)ncnc32)[C@H](O)[C@@H]1O. The van der Waals surface area contributed by atoms with Crippen LogP contribution in [-0.2, 0) is 31.6 Å². The maximum absolute atomic E-state index is 12.2. The number of aliphatic hydroxyl groups is 2. The summed E-state index contributed by atoms with van der Waals surface area (Å²) in [6.07, 6.45) is -5.12. The minimum atomic E-state index is -5.78. The van der Waals surface area contributed by atoms with Crippen LogP contribution in [-0.4, -0.2) is 78.8 Å². The van der Waals surface area contributed by atoms with Gasteiger partial charge in [0.2, 0.25) is 5.88 Å². The number of ether oxygens (including phenoxy) is 1. The number of hydrogen-bond acceptors (Lipinski definition) is 13. The number of phosphoric acid groups is 3. The van der Waals surface area contributed by atoms with Gasteiger partial charge >= 0.3 is 23.5 Å². The van der Waals surface area contributed by atoms with Crippen molar-refractivity contribution in [3.63, 3.8) is 0 Å². The van der Waals surface area contributed by atoms with E-state index in [1.165, 1.54) is 0 Å². The van der Waals surface area contributed by atoms with Crippen molar-refractivity contribution >= 4 is 34.6 Å². The number of aliphatic hydroxyl groups excluding tert-OH is 2. The molecule has 0 aromatic carbocycles. The number of nitrogens with zero attached hydrogens (tertiary/aromatic N) is 4. The van der Waals surface area contributed by atoms with E-state index >= 15 is 0 Å². The molecule has 18 nitrogen and oxygen atoms in total. The number of hydrogen-bond donors (Lipinski definition) is 7. The third-order valence-electron chi connectivity index (χ3n) is 4.34. The average Bonchev–Trinajstić information content (AvgIpc) is 3.21. The average molecular weight is 548 g/mol. The van der Waals surface area contributed by atoms with Crippen LogP contribution in [0.25, 0.3) is 11.2 Å². The van der Waals surface area contributed by atoms with Crippen molar-refractivity contribution in [1.82, 2.24) is 19.5 Å². The summed E-state index contributed by atoms with van der Waals surface area (Å²) in [4.78, 5) is 47.7. The predicted octanol–water partition coefficient (Wildman–Crippen LogP) is -0.561. The van der Waals surface area contributed by atoms with Gasteiger partial charge in [-0.1, -0.05) is 6.08 Å². The zero-order valence-electron chi connectivity index (χ0n) is 16.7. The first-order valence-corrected chi connectivity index (χ1v) is 13.5. The quantitative estimate of drug-likeness (QED) is 0.145. The lowest BCUT2D eigenvalue weighted by Gasteiger charge is -2.26. The molecule has 1 aliphatic heterocycles. The lowest BCUT2D eigenvalue weighted by atomic mass is 10.0. The Balaban J connectivity index is 1.83. The number of imidazole rings is 1. The van der Waals surface area contributed by atoms with Gasteiger partial charge in [-0.15, -0.1) is 6.58 Å². The van der Waals surface area contributed by atoms with E-state index in [2.05, 4.69) is 30.2 Å². The Bertz CT molecular complexity index is 1200. The molecule has 34 heavy (non-hydrogen) atoms. The molecule has 3 unspecified atom stereocenters. The molecular weight excluding hydrogens is 529 g/mol. The van der Waals surface area contributed by atoms with E-state index in [-0.39, 0.29) is 17.6 Å². The Morgan fingerprint density at radius 1 is 1.09 bits per heavy atom. The highest BCUT2D eigenvalue weighted by Gasteiger charge is 2.50. The van der Waals surface area contributed by atoms with Gasteiger partial charge in [0.05, 0.1) is 6.33 Å². The Morgan fingerprint density at radius 2 is 1.76 bits per heavy atom. The highest BCUT2D eigenvalue weighted by Crippen LogP contribution is 2.66. The third kappa shape index (κ3) is 6.13. The molecule has 0 saturated carbocycles. The number of aromatic nitrogens is 4. The summed E-state index contributed by atoms with van der Waals surface area (Å²) < 4.78 is 53.4. The minimum absolute atomic E-state index is 0.0116. The van der Waals surface area contributed by atoms with Crippen molar-refractivity contribution in [3.8, 4) is 5.88 Å². The fourth-order valence-corrected chi connectivity index (χ4v) is 6.33. The Labute approximate surface area is 189 Å². The van der Waals surface area contributed by atoms with Gasteiger partial charge in [0.1, 0.15) is 30.7 Å². The maximum atomic E-state index is 12.2. The van der Waals surface area contributed by atoms with E-state index in [0.29, 0.717) is 0 Å². The minimum Gasteiger partial charge on any atom is -0.492 e. The summed E-state index contributed by atoms with van der Waals surface area (Å²) in [7, 11) is -17.0. The first-order valence-electron chi connectivity index (χ1n) is 8.95. The number of aromatic hydroxyl groups is 1. The summed E-state index contributed by atoms with van der Waals surface area (Å²) in [6.45, 7) is 3.40. The summed E-state index contributed by atoms with van der Waals surface area (Å²) in [6, 6.07) is 0. The first-order chi connectivity index (χ1) is 15.6. The van der Waals surface area contributed by atoms with Gasteiger partial charge in [-0.25, -0.2) is 23.7 Å². The van der Waals surface area contributed by atoms with E-state index in [9.17, 15) is 38.8 Å². The highest BCUT2D eigenvalue weighted by atomic mass is 31.3. The summed E-state index contributed by atoms with van der Waals surface area (Å²) in [5.41, 5.74) is -0.0373. The number of phosphoric ester groups is 1. The Morgan fingerprint density at radius 3 is 2.38 bits per heavy atom. The molecule has 3 rings (SSSR count). The maximum Gasteiger partial charge on any atom is 0.490 e. The van der Waals surface area contributed by atoms with Crippen molar-refractivity contribution < 1.29 is 66.5 Å². The molecule has 21 heteroatoms. The second-order valence-electron chi connectivity index (χ2n) is 6.75. The summed E-state index contributed by atoms with van der Waals surface area (Å²) in [5, 5.41) is 30.7. The molecule has 3 heterocycles. The van der Waals surface area contributed by atoms with Gasteiger partial charge in [0.25, 0.3) is 0 Å². The van der Waals surface area contributed by atoms with Crippen LogP contribution in [0.1, 0.15) is 12.6 Å². The fourth-order valence-electron chi connectivity index (χ4n) is 3.12. The lowest BCUT2D eigenvalue weighted by molar-refractivity contribution is -0.0797. The standard InChI is InChI=1S/C13H19N4O14P3/c1-2-3-6(29-33(24,25)31-34(26,27)30-32(21,22)23)10-8(18)9(19)13(28-10)17-5-16-7-11(17)14-4-15-12(7)20/h2,4-6,8-10,13,18-19H,1,3H2,(H,24,25)(H,26,27)(H,14,15,20)(H2,21,22,23)/t6?,8-,9+,10+,13+/m0/s1. The van der Waals surface area contributed by atoms with Gasteiger partial charge in [-0.2, -0.15) is 13.6 Å². The topological polar surface area (TPSA) is 273 Å². The summed E-state index contributed by atoms with van der Waals surface area (Å²) >= 11 is 0. The lowest BCUT2D eigenvalue weighted by Crippen LogP contribution is -2.39. The van der Waals surface area contributed by atoms with E-state index in [0.717, 1.165) is 23.3 Å². The molecular formula is C13H19N4O14P3. The Hall–Kier alpha value is -1.62. The van der Waals surface area contributed by atoms with Gasteiger partial charge in [-0.3, -0.25) is 9.09 Å². The molecule has 190 valence electrons. The van der Waals surface area contributed by atoms with Crippen LogP contribution >= 0.6 is 23.5 Å². The monoisotopic (exact) mass is 548 g/mol. The van der Waals surface area contributed by atoms with E-state index < -0.39 is 60.0 Å². The molecule has 0 amide bonds. The van der Waals surface area contributed by atoms with Crippen LogP contribution in [0.15, 0.2) is 25.3 Å². The normalized spacial score (nSPS) is 27.8. The molecule has 7 N–H and O–H groups in total. The molecule has 7 atom stereocenters. The molecule has 0 aliphatic carbocycles. The van der Waals surface area contributed by atoms with Crippen molar-refractivity contribution in [3.05, 3.63) is 25.3 Å². The zero-order chi connectivity index (χ0) is 25.5. The molecule has 0 radical (unpaired) electrons. The van der Waals surface area contributed by atoms with Crippen LogP contribution in [0, 0.1) is 0 Å². The molecule has 2 aromatic rings. The van der Waals surface area contributed by atoms with Crippen molar-refractivity contribution in [1.29, 1.82) is 0 Å². The second-order valence-corrected chi connectivity index (χ2v) is 11.1. The van der Waals surface area contributed by atoms with Gasteiger partial charge < -0.3 is 39.6 Å². The predicted molar refractivity (Wildman–Crippen MR) is 106 cm³/mol. The van der Waals surface area contributed by atoms with E-state index in [1.54, 1.807) is 0 Å². The van der Waals surface area contributed by atoms with Gasteiger partial charge in [0.15, 0.2) is 17.4 Å². The van der Waals surface area contributed by atoms with Crippen molar-refractivity contribution in [2.24, 2.45) is 0 Å². The van der Waals surface area contributed by atoms with Crippen molar-refractivity contribution in [2.45, 2.75) is 37.1 Å². The van der Waals surface area contributed by atoms with E-state index in [1.807, 2.05) is 0 Å². The molecule has 0 bridgehead atoms. The van der Waals surface area contributed by atoms with Crippen LogP contribution in [0.3, 0.4) is 0 Å². The number of rotatable bonds is 10. The van der Waals surface area contributed by atoms with Gasteiger partial charge in [-0.05, 0) is 6.42 Å². The molecule has 1 aliphatic rings. The second kappa shape index (κ2) is 9.79. The largest absolute Gasteiger partial charge is 0.492 e. The number of fused-ring (bicyclic) bond motifs is 1. The zero-order valence-corrected chi connectivity index (χ0v) is 19.3. The van der Waals surface area contributed by atoms with Gasteiger partial charge in [0, 0.05) is 0 Å². The molecule has 2 aromatic heterocycles. The van der Waals surface area contributed by atoms with E-state index in [4.69, 9.17) is 19.0 Å². The third-order valence-corrected chi connectivity index (χ3v) is 8.20. The smallest absolute Gasteiger partial charge is 0.490 e. The molecule has 0 spiro atoms. The highest BCUT2D eigenvalue weighted by molar-refractivity contribution is 7.66. The van der Waals surface area contributed by atoms with Crippen LogP contribution in [0.4, 0.5) is 0 Å². The van der Waals surface area contributed by atoms with Crippen LogP contribution in [0.5, 0.6) is 5.88 Å². The van der Waals surface area contributed by atoms with Crippen LogP contribution < -0.4 is 0 Å². The fraction of sp³-hybridized carbons (Fsp3) is 0.462. The molecule has 1 fully saturated rings. The summed E-state index contributed by atoms with van der Waals surface area (Å²) in [5.74, 6) is -0.467. The first kappa shape index (κ1) is 27.0. The molecule has 1 saturated heterocycles.